The molecule has 0 saturated heterocycles. The molecule has 0 fully saturated rings. The zero-order chi connectivity index (χ0) is 20.9. The Morgan fingerprint density at radius 1 is 1.21 bits per heavy atom. The highest BCUT2D eigenvalue weighted by molar-refractivity contribution is 9.10. The zero-order valence-electron chi connectivity index (χ0n) is 15.9. The van der Waals surface area contributed by atoms with E-state index in [2.05, 4.69) is 20.9 Å². The number of amides is 1. The molecule has 154 valence electrons. The topological polar surface area (TPSA) is 77.7 Å². The summed E-state index contributed by atoms with van der Waals surface area (Å²) in [6.45, 7) is 1.07. The lowest BCUT2D eigenvalue weighted by molar-refractivity contribution is -0.118. The van der Waals surface area contributed by atoms with Crippen LogP contribution in [0.3, 0.4) is 0 Å². The molecule has 0 N–H and O–H groups in total. The number of sulfone groups is 1. The van der Waals surface area contributed by atoms with E-state index >= 15 is 0 Å². The number of carbonyl (C=O) groups is 1. The van der Waals surface area contributed by atoms with Crippen LogP contribution >= 0.6 is 27.3 Å². The molecule has 9 heteroatoms. The maximum atomic E-state index is 12.4. The van der Waals surface area contributed by atoms with Crippen molar-refractivity contribution in [2.45, 2.75) is 24.3 Å². The van der Waals surface area contributed by atoms with Crippen molar-refractivity contribution < 1.29 is 17.9 Å². The maximum absolute atomic E-state index is 12.4. The second-order valence-corrected chi connectivity index (χ2v) is 10.4. The predicted octanol–water partition coefficient (Wildman–Crippen LogP) is 3.79. The molecule has 0 aliphatic carbocycles. The first-order valence-electron chi connectivity index (χ1n) is 9.04. The molecular formula is C20H21BrN2O4S2. The van der Waals surface area contributed by atoms with Crippen molar-refractivity contribution in [2.75, 3.05) is 19.5 Å². The Morgan fingerprint density at radius 3 is 2.69 bits per heavy atom. The van der Waals surface area contributed by atoms with Gasteiger partial charge in [-0.15, -0.1) is 0 Å². The smallest absolute Gasteiger partial charge is 0.248 e. The predicted molar refractivity (Wildman–Crippen MR) is 118 cm³/mol. The monoisotopic (exact) mass is 496 g/mol. The fraction of sp³-hybridized carbons (Fsp3) is 0.300. The average molecular weight is 497 g/mol. The number of fused-ring (bicyclic) bond motifs is 1. The van der Waals surface area contributed by atoms with Gasteiger partial charge in [0.15, 0.2) is 14.6 Å². The zero-order valence-corrected chi connectivity index (χ0v) is 19.1. The van der Waals surface area contributed by atoms with Crippen molar-refractivity contribution in [1.82, 2.24) is 4.57 Å². The molecule has 0 spiro atoms. The first kappa shape index (κ1) is 21.9. The van der Waals surface area contributed by atoms with E-state index in [1.807, 2.05) is 22.8 Å². The SMILES string of the molecule is COCCn1c(=NC(=O)CCCS(=O)(=O)c2ccccc2)sc2cc(Br)ccc21. The third-order valence-electron chi connectivity index (χ3n) is 4.29. The van der Waals surface area contributed by atoms with Crippen LogP contribution in [0.1, 0.15) is 12.8 Å². The van der Waals surface area contributed by atoms with Gasteiger partial charge >= 0.3 is 0 Å². The Balaban J connectivity index is 1.75. The summed E-state index contributed by atoms with van der Waals surface area (Å²) in [5.74, 6) is -0.411. The summed E-state index contributed by atoms with van der Waals surface area (Å²) >= 11 is 4.88. The summed E-state index contributed by atoms with van der Waals surface area (Å²) < 4.78 is 33.8. The van der Waals surface area contributed by atoms with Crippen molar-refractivity contribution in [3.05, 3.63) is 57.8 Å². The second kappa shape index (κ2) is 9.80. The number of aromatic nitrogens is 1. The molecule has 0 unspecified atom stereocenters. The minimum Gasteiger partial charge on any atom is -0.383 e. The third kappa shape index (κ3) is 5.63. The van der Waals surface area contributed by atoms with Crippen molar-refractivity contribution in [2.24, 2.45) is 4.99 Å². The van der Waals surface area contributed by atoms with E-state index in [4.69, 9.17) is 4.74 Å². The molecule has 3 rings (SSSR count). The van der Waals surface area contributed by atoms with Gasteiger partial charge in [0.2, 0.25) is 5.91 Å². The summed E-state index contributed by atoms with van der Waals surface area (Å²) in [6.07, 6.45) is 0.308. The largest absolute Gasteiger partial charge is 0.383 e. The summed E-state index contributed by atoms with van der Waals surface area (Å²) in [5.41, 5.74) is 0.980. The molecule has 29 heavy (non-hydrogen) atoms. The lowest BCUT2D eigenvalue weighted by Crippen LogP contribution is -2.19. The molecule has 0 bridgehead atoms. The van der Waals surface area contributed by atoms with E-state index in [0.29, 0.717) is 18.0 Å². The lowest BCUT2D eigenvalue weighted by atomic mass is 10.3. The number of carbonyl (C=O) groups excluding carboxylic acids is 1. The Bertz CT molecular complexity index is 1170. The van der Waals surface area contributed by atoms with E-state index in [1.54, 1.807) is 37.4 Å². The molecule has 3 aromatic rings. The number of benzene rings is 2. The van der Waals surface area contributed by atoms with E-state index in [1.165, 1.54) is 11.3 Å². The van der Waals surface area contributed by atoms with E-state index in [9.17, 15) is 13.2 Å². The molecule has 0 aliphatic rings. The van der Waals surface area contributed by atoms with Crippen LogP contribution in [0.5, 0.6) is 0 Å². The average Bonchev–Trinajstić information content (AvgIpc) is 3.02. The molecule has 1 amide bonds. The number of methoxy groups -OCH3 is 1. The van der Waals surface area contributed by atoms with Crippen molar-refractivity contribution in [3.8, 4) is 0 Å². The quantitative estimate of drug-likeness (QED) is 0.475. The fourth-order valence-corrected chi connectivity index (χ4v) is 5.81. The number of nitrogens with zero attached hydrogens (tertiary/aromatic N) is 2. The first-order valence-corrected chi connectivity index (χ1v) is 12.3. The molecule has 2 aromatic carbocycles. The standard InChI is InChI=1S/C20H21BrN2O4S2/c1-27-12-11-23-17-10-9-15(21)14-18(17)28-20(23)22-19(24)8-5-13-29(25,26)16-6-3-2-4-7-16/h2-4,6-7,9-10,14H,5,8,11-13H2,1H3. The summed E-state index contributed by atoms with van der Waals surface area (Å²) in [7, 11) is -1.77. The summed E-state index contributed by atoms with van der Waals surface area (Å²) in [6, 6.07) is 14.2. The van der Waals surface area contributed by atoms with Gasteiger partial charge in [0.1, 0.15) is 0 Å². The van der Waals surface area contributed by atoms with Gasteiger partial charge in [-0.1, -0.05) is 45.5 Å². The normalized spacial score (nSPS) is 12.6. The van der Waals surface area contributed by atoms with E-state index in [-0.39, 0.29) is 29.4 Å². The van der Waals surface area contributed by atoms with Crippen LogP contribution in [0.25, 0.3) is 10.2 Å². The fourth-order valence-electron chi connectivity index (χ4n) is 2.85. The Morgan fingerprint density at radius 2 is 1.97 bits per heavy atom. The maximum Gasteiger partial charge on any atom is 0.248 e. The number of hydrogen-bond acceptors (Lipinski definition) is 5. The van der Waals surface area contributed by atoms with E-state index < -0.39 is 9.84 Å². The number of thiazole rings is 1. The molecular weight excluding hydrogens is 476 g/mol. The van der Waals surface area contributed by atoms with Crippen LogP contribution in [0.2, 0.25) is 0 Å². The van der Waals surface area contributed by atoms with Crippen LogP contribution in [-0.4, -0.2) is 38.4 Å². The number of ether oxygens (including phenoxy) is 1. The Hall–Kier alpha value is -1.81. The van der Waals surface area contributed by atoms with Gasteiger partial charge in [-0.25, -0.2) is 8.42 Å². The van der Waals surface area contributed by atoms with Crippen LogP contribution in [-0.2, 0) is 25.9 Å². The Labute approximate surface area is 181 Å². The highest BCUT2D eigenvalue weighted by Gasteiger charge is 2.15. The van der Waals surface area contributed by atoms with Gasteiger partial charge in [-0.05, 0) is 36.8 Å². The highest BCUT2D eigenvalue weighted by atomic mass is 79.9. The van der Waals surface area contributed by atoms with Crippen molar-refractivity contribution >= 4 is 53.2 Å². The van der Waals surface area contributed by atoms with Crippen LogP contribution < -0.4 is 4.80 Å². The molecule has 0 saturated carbocycles. The van der Waals surface area contributed by atoms with Crippen LogP contribution in [0, 0.1) is 0 Å². The molecule has 6 nitrogen and oxygen atoms in total. The minimum absolute atomic E-state index is 0.0777. The van der Waals surface area contributed by atoms with Gasteiger partial charge in [0.05, 0.1) is 27.5 Å². The highest BCUT2D eigenvalue weighted by Crippen LogP contribution is 2.22. The Kier molecular flexibility index (Phi) is 7.39. The number of halogens is 1. The van der Waals surface area contributed by atoms with Gasteiger partial charge in [-0.2, -0.15) is 4.99 Å². The molecule has 1 heterocycles. The van der Waals surface area contributed by atoms with Gasteiger partial charge < -0.3 is 9.30 Å². The van der Waals surface area contributed by atoms with E-state index in [0.717, 1.165) is 14.7 Å². The second-order valence-electron chi connectivity index (χ2n) is 6.38. The first-order chi connectivity index (χ1) is 13.9. The van der Waals surface area contributed by atoms with Gasteiger partial charge in [0.25, 0.3) is 0 Å². The van der Waals surface area contributed by atoms with Gasteiger partial charge in [0, 0.05) is 24.5 Å². The summed E-state index contributed by atoms with van der Waals surface area (Å²) in [4.78, 5) is 17.5. The third-order valence-corrected chi connectivity index (χ3v) is 7.64. The molecule has 0 radical (unpaired) electrons. The number of rotatable bonds is 8. The minimum atomic E-state index is -3.39. The van der Waals surface area contributed by atoms with Gasteiger partial charge in [-0.3, -0.25) is 4.79 Å². The lowest BCUT2D eigenvalue weighted by Gasteiger charge is -2.04. The van der Waals surface area contributed by atoms with Crippen molar-refractivity contribution in [3.63, 3.8) is 0 Å². The summed E-state index contributed by atoms with van der Waals surface area (Å²) in [5, 5.41) is 0. The van der Waals surface area contributed by atoms with Crippen LogP contribution in [0.4, 0.5) is 0 Å². The molecule has 0 atom stereocenters. The van der Waals surface area contributed by atoms with Crippen LogP contribution in [0.15, 0.2) is 62.9 Å². The molecule has 1 aromatic heterocycles. The number of hydrogen-bond donors (Lipinski definition) is 0. The molecule has 0 aliphatic heterocycles. The van der Waals surface area contributed by atoms with Crippen molar-refractivity contribution in [1.29, 1.82) is 0 Å².